The van der Waals surface area contributed by atoms with E-state index in [1.165, 1.54) is 24.0 Å². The normalized spacial score (nSPS) is 13.1. The molecule has 1 aliphatic carbocycles. The Morgan fingerprint density at radius 1 is 1.05 bits per heavy atom. The molecule has 2 aromatic carbocycles. The molecule has 0 bridgehead atoms. The van der Waals surface area contributed by atoms with Crippen molar-refractivity contribution >= 4 is 5.84 Å². The van der Waals surface area contributed by atoms with Gasteiger partial charge in [-0.25, -0.2) is 0 Å². The molecule has 0 aromatic heterocycles. The van der Waals surface area contributed by atoms with Crippen molar-refractivity contribution in [2.75, 3.05) is 0 Å². The van der Waals surface area contributed by atoms with E-state index in [4.69, 9.17) is 15.9 Å². The van der Waals surface area contributed by atoms with E-state index in [-0.39, 0.29) is 5.84 Å². The Morgan fingerprint density at radius 2 is 1.84 bits per heavy atom. The van der Waals surface area contributed by atoms with Crippen LogP contribution in [0.15, 0.2) is 42.5 Å². The van der Waals surface area contributed by atoms with Crippen molar-refractivity contribution in [2.24, 2.45) is 5.73 Å². The first-order valence-corrected chi connectivity index (χ1v) is 6.47. The maximum absolute atomic E-state index is 7.56. The fraction of sp³-hybridized carbons (Fsp3) is 0.188. The molecule has 96 valence electrons. The number of aryl methyl sites for hydroxylation is 2. The third-order valence-electron chi connectivity index (χ3n) is 3.47. The van der Waals surface area contributed by atoms with Crippen molar-refractivity contribution in [2.45, 2.75) is 19.3 Å². The molecule has 0 saturated heterocycles. The summed E-state index contributed by atoms with van der Waals surface area (Å²) in [5.41, 5.74) is 8.99. The van der Waals surface area contributed by atoms with Gasteiger partial charge in [0.1, 0.15) is 17.3 Å². The SMILES string of the molecule is N=C(N)c1ccccc1Oc1ccc2c(c1)CCC2. The molecule has 0 radical (unpaired) electrons. The van der Waals surface area contributed by atoms with Gasteiger partial charge in [-0.2, -0.15) is 0 Å². The Kier molecular flexibility index (Phi) is 2.95. The molecule has 2 aromatic rings. The van der Waals surface area contributed by atoms with Gasteiger partial charge in [0.25, 0.3) is 0 Å². The molecule has 0 heterocycles. The van der Waals surface area contributed by atoms with Crippen LogP contribution in [0.5, 0.6) is 11.5 Å². The summed E-state index contributed by atoms with van der Waals surface area (Å²) < 4.78 is 5.88. The summed E-state index contributed by atoms with van der Waals surface area (Å²) in [5, 5.41) is 7.56. The molecule has 3 rings (SSSR count). The topological polar surface area (TPSA) is 59.1 Å². The van der Waals surface area contributed by atoms with Crippen LogP contribution < -0.4 is 10.5 Å². The second kappa shape index (κ2) is 4.76. The number of para-hydroxylation sites is 1. The predicted molar refractivity (Wildman–Crippen MR) is 76.0 cm³/mol. The Hall–Kier alpha value is -2.29. The van der Waals surface area contributed by atoms with Gasteiger partial charge in [-0.1, -0.05) is 18.2 Å². The van der Waals surface area contributed by atoms with Crippen molar-refractivity contribution in [1.82, 2.24) is 0 Å². The minimum absolute atomic E-state index is 0.0248. The van der Waals surface area contributed by atoms with Gasteiger partial charge >= 0.3 is 0 Å². The summed E-state index contributed by atoms with van der Waals surface area (Å²) in [5.74, 6) is 1.47. The van der Waals surface area contributed by atoms with E-state index in [2.05, 4.69) is 12.1 Å². The first-order valence-electron chi connectivity index (χ1n) is 6.47. The van der Waals surface area contributed by atoms with E-state index in [0.717, 1.165) is 12.2 Å². The van der Waals surface area contributed by atoms with Gasteiger partial charge in [-0.05, 0) is 54.7 Å². The highest BCUT2D eigenvalue weighted by Crippen LogP contribution is 2.30. The quantitative estimate of drug-likeness (QED) is 0.650. The Morgan fingerprint density at radius 3 is 2.68 bits per heavy atom. The number of nitrogens with one attached hydrogen (secondary N) is 1. The summed E-state index contributed by atoms with van der Waals surface area (Å²) in [6.45, 7) is 0. The molecule has 19 heavy (non-hydrogen) atoms. The number of nitrogen functional groups attached to an aromatic ring is 1. The predicted octanol–water partition coefficient (Wildman–Crippen LogP) is 3.25. The highest BCUT2D eigenvalue weighted by Gasteiger charge is 2.12. The second-order valence-electron chi connectivity index (χ2n) is 4.80. The van der Waals surface area contributed by atoms with Crippen molar-refractivity contribution in [3.05, 3.63) is 59.2 Å². The lowest BCUT2D eigenvalue weighted by Crippen LogP contribution is -2.12. The molecule has 1 aliphatic rings. The smallest absolute Gasteiger partial charge is 0.138 e. The molecule has 0 amide bonds. The number of hydrogen-bond donors (Lipinski definition) is 2. The first-order chi connectivity index (χ1) is 9.24. The number of rotatable bonds is 3. The first kappa shape index (κ1) is 11.8. The van der Waals surface area contributed by atoms with Crippen molar-refractivity contribution in [3.8, 4) is 11.5 Å². The number of benzene rings is 2. The van der Waals surface area contributed by atoms with Gasteiger partial charge in [0.2, 0.25) is 0 Å². The largest absolute Gasteiger partial charge is 0.457 e. The zero-order valence-electron chi connectivity index (χ0n) is 10.6. The molecule has 0 unspecified atom stereocenters. The molecular formula is C16H16N2O. The van der Waals surface area contributed by atoms with Gasteiger partial charge in [0, 0.05) is 0 Å². The van der Waals surface area contributed by atoms with Gasteiger partial charge < -0.3 is 10.5 Å². The standard InChI is InChI=1S/C16H16N2O/c17-16(18)14-6-1-2-7-15(14)19-13-9-8-11-4-3-5-12(11)10-13/h1-2,6-10H,3-5H2,(H3,17,18). The van der Waals surface area contributed by atoms with Crippen LogP contribution in [-0.2, 0) is 12.8 Å². The van der Waals surface area contributed by atoms with Crippen LogP contribution in [0.3, 0.4) is 0 Å². The lowest BCUT2D eigenvalue weighted by atomic mass is 10.1. The van der Waals surface area contributed by atoms with Gasteiger partial charge in [-0.3, -0.25) is 5.41 Å². The lowest BCUT2D eigenvalue weighted by Gasteiger charge is -2.11. The Bertz CT molecular complexity index is 634. The second-order valence-corrected chi connectivity index (χ2v) is 4.80. The maximum atomic E-state index is 7.56. The third kappa shape index (κ3) is 2.32. The van der Waals surface area contributed by atoms with Crippen molar-refractivity contribution in [1.29, 1.82) is 5.41 Å². The molecular weight excluding hydrogens is 236 g/mol. The van der Waals surface area contributed by atoms with Gasteiger partial charge in [0.05, 0.1) is 5.56 Å². The Labute approximate surface area is 112 Å². The minimum atomic E-state index is 0.0248. The summed E-state index contributed by atoms with van der Waals surface area (Å²) >= 11 is 0. The van der Waals surface area contributed by atoms with E-state index >= 15 is 0 Å². The highest BCUT2D eigenvalue weighted by molar-refractivity contribution is 5.97. The van der Waals surface area contributed by atoms with E-state index < -0.39 is 0 Å². The number of ether oxygens (including phenoxy) is 1. The fourth-order valence-electron chi connectivity index (χ4n) is 2.52. The van der Waals surface area contributed by atoms with Crippen LogP contribution in [0.1, 0.15) is 23.1 Å². The molecule has 0 atom stereocenters. The minimum Gasteiger partial charge on any atom is -0.457 e. The zero-order valence-corrected chi connectivity index (χ0v) is 10.6. The summed E-state index contributed by atoms with van der Waals surface area (Å²) in [6, 6.07) is 13.6. The van der Waals surface area contributed by atoms with Crippen LogP contribution >= 0.6 is 0 Å². The third-order valence-corrected chi connectivity index (χ3v) is 3.47. The molecule has 0 saturated carbocycles. The molecule has 0 spiro atoms. The zero-order chi connectivity index (χ0) is 13.2. The van der Waals surface area contributed by atoms with E-state index in [9.17, 15) is 0 Å². The average molecular weight is 252 g/mol. The van der Waals surface area contributed by atoms with Crippen molar-refractivity contribution < 1.29 is 4.74 Å². The Balaban J connectivity index is 1.91. The molecule has 0 fully saturated rings. The van der Waals surface area contributed by atoms with E-state index in [1.807, 2.05) is 24.3 Å². The monoisotopic (exact) mass is 252 g/mol. The number of fused-ring (bicyclic) bond motifs is 1. The van der Waals surface area contributed by atoms with Gasteiger partial charge in [0.15, 0.2) is 0 Å². The molecule has 3 heteroatoms. The van der Waals surface area contributed by atoms with Crippen LogP contribution in [-0.4, -0.2) is 5.84 Å². The molecule has 3 N–H and O–H groups in total. The van der Waals surface area contributed by atoms with Gasteiger partial charge in [-0.15, -0.1) is 0 Å². The summed E-state index contributed by atoms with van der Waals surface area (Å²) in [7, 11) is 0. The molecule has 0 aliphatic heterocycles. The number of amidine groups is 1. The van der Waals surface area contributed by atoms with Crippen molar-refractivity contribution in [3.63, 3.8) is 0 Å². The lowest BCUT2D eigenvalue weighted by molar-refractivity contribution is 0.481. The average Bonchev–Trinajstić information content (AvgIpc) is 2.86. The van der Waals surface area contributed by atoms with Crippen LogP contribution in [0.25, 0.3) is 0 Å². The van der Waals surface area contributed by atoms with Crippen LogP contribution in [0.2, 0.25) is 0 Å². The number of nitrogens with two attached hydrogens (primary N) is 1. The fourth-order valence-corrected chi connectivity index (χ4v) is 2.52. The highest BCUT2D eigenvalue weighted by atomic mass is 16.5. The number of hydrogen-bond acceptors (Lipinski definition) is 2. The maximum Gasteiger partial charge on any atom is 0.138 e. The summed E-state index contributed by atoms with van der Waals surface area (Å²) in [6.07, 6.45) is 3.52. The van der Waals surface area contributed by atoms with Crippen LogP contribution in [0, 0.1) is 5.41 Å². The summed E-state index contributed by atoms with van der Waals surface area (Å²) in [4.78, 5) is 0. The van der Waals surface area contributed by atoms with Crippen LogP contribution in [0.4, 0.5) is 0 Å². The van der Waals surface area contributed by atoms with E-state index in [1.54, 1.807) is 6.07 Å². The van der Waals surface area contributed by atoms with E-state index in [0.29, 0.717) is 11.3 Å². The molecule has 3 nitrogen and oxygen atoms in total.